The number of benzene rings is 3. The predicted molar refractivity (Wildman–Crippen MR) is 201 cm³/mol. The molecule has 6 rings (SSSR count). The Bertz CT molecular complexity index is 1710. The maximum atomic E-state index is 15.0. The van der Waals surface area contributed by atoms with Gasteiger partial charge in [-0.15, -0.1) is 0 Å². The number of piperazine rings is 1. The van der Waals surface area contributed by atoms with E-state index in [0.29, 0.717) is 60.3 Å². The van der Waals surface area contributed by atoms with Crippen molar-refractivity contribution < 1.29 is 14.3 Å². The number of carbonyl (C=O) groups excluding carboxylic acids is 2. The topological polar surface area (TPSA) is 68.7 Å². The number of rotatable bonds is 10. The molecule has 0 N–H and O–H groups in total. The third-order valence-corrected chi connectivity index (χ3v) is 10.8. The van der Waals surface area contributed by atoms with Crippen LogP contribution in [0.4, 0.5) is 4.79 Å². The molecule has 0 bridgehead atoms. The highest BCUT2D eigenvalue weighted by Gasteiger charge is 2.46. The standard InChI is InChI=1S/C40H49Cl2N5O3/c1-7-50-34-19-14-30(40(4,5)44(6)25-26(2)3)24-33(34)37-43-35(27-10-15-31(41)16-11-27)36(28-12-17-32(42)18-13-28)47(37)39(49)46-22-20-45(21-23-46)38(48)29-8-9-29/h10-19,24,26,29,35-36H,7-9,20-23,25H2,1-6H3. The van der Waals surface area contributed by atoms with Gasteiger partial charge in [-0.25, -0.2) is 4.79 Å². The highest BCUT2D eigenvalue weighted by Crippen LogP contribution is 2.46. The molecule has 1 saturated heterocycles. The average Bonchev–Trinajstić information content (AvgIpc) is 3.88. The highest BCUT2D eigenvalue weighted by molar-refractivity contribution is 6.30. The van der Waals surface area contributed by atoms with E-state index in [1.807, 2.05) is 76.2 Å². The van der Waals surface area contributed by atoms with Gasteiger partial charge in [0.2, 0.25) is 5.91 Å². The normalized spacial score (nSPS) is 19.7. The molecule has 266 valence electrons. The smallest absolute Gasteiger partial charge is 0.326 e. The van der Waals surface area contributed by atoms with Crippen LogP contribution in [-0.4, -0.2) is 83.8 Å². The van der Waals surface area contributed by atoms with Crippen molar-refractivity contribution in [1.29, 1.82) is 0 Å². The first-order chi connectivity index (χ1) is 23.9. The maximum Gasteiger partial charge on any atom is 0.326 e. The Hall–Kier alpha value is -3.59. The molecule has 0 spiro atoms. The van der Waals surface area contributed by atoms with Crippen molar-refractivity contribution in [3.63, 3.8) is 0 Å². The van der Waals surface area contributed by atoms with Crippen LogP contribution in [0.1, 0.15) is 81.8 Å². The van der Waals surface area contributed by atoms with Crippen LogP contribution in [0.2, 0.25) is 10.0 Å². The number of amides is 3. The molecule has 8 nitrogen and oxygen atoms in total. The van der Waals surface area contributed by atoms with E-state index in [9.17, 15) is 4.79 Å². The Kier molecular flexibility index (Phi) is 10.8. The Morgan fingerprint density at radius 3 is 2.04 bits per heavy atom. The molecule has 0 radical (unpaired) electrons. The summed E-state index contributed by atoms with van der Waals surface area (Å²) < 4.78 is 6.27. The number of nitrogens with zero attached hydrogens (tertiary/aromatic N) is 5. The van der Waals surface area contributed by atoms with E-state index in [1.165, 1.54) is 0 Å². The predicted octanol–water partition coefficient (Wildman–Crippen LogP) is 8.43. The molecule has 3 aromatic rings. The number of hydrogen-bond donors (Lipinski definition) is 0. The molecule has 2 unspecified atom stereocenters. The second-order valence-electron chi connectivity index (χ2n) is 14.7. The first-order valence-electron chi connectivity index (χ1n) is 17.8. The fourth-order valence-electron chi connectivity index (χ4n) is 7.08. The van der Waals surface area contributed by atoms with Crippen LogP contribution in [0.15, 0.2) is 71.7 Å². The molecule has 3 aliphatic rings. The Labute approximate surface area is 307 Å². The first kappa shape index (κ1) is 36.2. The zero-order valence-electron chi connectivity index (χ0n) is 30.0. The second-order valence-corrected chi connectivity index (χ2v) is 15.5. The van der Waals surface area contributed by atoms with Crippen LogP contribution in [-0.2, 0) is 10.3 Å². The van der Waals surface area contributed by atoms with Crippen molar-refractivity contribution in [3.8, 4) is 5.75 Å². The highest BCUT2D eigenvalue weighted by atomic mass is 35.5. The quantitative estimate of drug-likeness (QED) is 0.211. The summed E-state index contributed by atoms with van der Waals surface area (Å²) in [5.41, 5.74) is 3.40. The van der Waals surface area contributed by atoms with Gasteiger partial charge in [-0.2, -0.15) is 0 Å². The fourth-order valence-corrected chi connectivity index (χ4v) is 7.33. The number of aliphatic imine (C=N–C) groups is 1. The van der Waals surface area contributed by atoms with E-state index in [2.05, 4.69) is 51.8 Å². The number of hydrogen-bond acceptors (Lipinski definition) is 5. The Morgan fingerprint density at radius 1 is 0.900 bits per heavy atom. The van der Waals surface area contributed by atoms with E-state index >= 15 is 4.79 Å². The van der Waals surface area contributed by atoms with Gasteiger partial charge in [-0.1, -0.05) is 67.4 Å². The largest absolute Gasteiger partial charge is 0.493 e. The van der Waals surface area contributed by atoms with Gasteiger partial charge >= 0.3 is 6.03 Å². The summed E-state index contributed by atoms with van der Waals surface area (Å²) in [6, 6.07) is 20.6. The zero-order chi connectivity index (χ0) is 35.7. The summed E-state index contributed by atoms with van der Waals surface area (Å²) in [4.78, 5) is 41.4. The van der Waals surface area contributed by atoms with Crippen molar-refractivity contribution in [2.45, 2.75) is 65.1 Å². The van der Waals surface area contributed by atoms with Gasteiger partial charge < -0.3 is 14.5 Å². The number of ether oxygens (including phenoxy) is 1. The van der Waals surface area contributed by atoms with Crippen molar-refractivity contribution >= 4 is 41.0 Å². The summed E-state index contributed by atoms with van der Waals surface area (Å²) in [5, 5.41) is 1.24. The summed E-state index contributed by atoms with van der Waals surface area (Å²) in [5.74, 6) is 2.08. The molecule has 10 heteroatoms. The number of urea groups is 1. The van der Waals surface area contributed by atoms with Gasteiger partial charge in [0.05, 0.1) is 18.2 Å². The molecule has 2 fully saturated rings. The monoisotopic (exact) mass is 717 g/mol. The minimum atomic E-state index is -0.475. The number of amidine groups is 1. The van der Waals surface area contributed by atoms with Crippen LogP contribution in [0, 0.1) is 11.8 Å². The fraction of sp³-hybridized carbons (Fsp3) is 0.475. The number of halogens is 2. The summed E-state index contributed by atoms with van der Waals surface area (Å²) in [7, 11) is 2.15. The summed E-state index contributed by atoms with van der Waals surface area (Å²) >= 11 is 12.7. The van der Waals surface area contributed by atoms with Crippen molar-refractivity contribution in [1.82, 2.24) is 19.6 Å². The van der Waals surface area contributed by atoms with Crippen molar-refractivity contribution in [2.75, 3.05) is 46.4 Å². The van der Waals surface area contributed by atoms with Gasteiger partial charge in [0.25, 0.3) is 0 Å². The van der Waals surface area contributed by atoms with Crippen LogP contribution in [0.3, 0.4) is 0 Å². The average molecular weight is 719 g/mol. The van der Waals surface area contributed by atoms with E-state index in [4.69, 9.17) is 32.9 Å². The molecule has 3 amide bonds. The van der Waals surface area contributed by atoms with E-state index in [-0.39, 0.29) is 23.4 Å². The van der Waals surface area contributed by atoms with Gasteiger partial charge in [0.1, 0.15) is 17.6 Å². The molecule has 1 aliphatic carbocycles. The maximum absolute atomic E-state index is 15.0. The Balaban J connectivity index is 1.48. The molecule has 2 aliphatic heterocycles. The van der Waals surface area contributed by atoms with Gasteiger partial charge in [-0.3, -0.25) is 19.6 Å². The Morgan fingerprint density at radius 2 is 1.48 bits per heavy atom. The van der Waals surface area contributed by atoms with Crippen LogP contribution in [0.25, 0.3) is 0 Å². The van der Waals surface area contributed by atoms with Gasteiger partial charge in [0, 0.05) is 54.2 Å². The lowest BCUT2D eigenvalue weighted by molar-refractivity contribution is -0.134. The molecule has 0 aromatic heterocycles. The minimum absolute atomic E-state index is 0.150. The lowest BCUT2D eigenvalue weighted by Gasteiger charge is -2.39. The summed E-state index contributed by atoms with van der Waals surface area (Å²) in [6.07, 6.45) is 1.93. The first-order valence-corrected chi connectivity index (χ1v) is 18.6. The molecule has 2 heterocycles. The van der Waals surface area contributed by atoms with E-state index in [1.54, 1.807) is 0 Å². The van der Waals surface area contributed by atoms with Crippen molar-refractivity contribution in [3.05, 3.63) is 99.0 Å². The van der Waals surface area contributed by atoms with E-state index < -0.39 is 12.1 Å². The van der Waals surface area contributed by atoms with Gasteiger partial charge in [-0.05, 0) is 99.7 Å². The van der Waals surface area contributed by atoms with Crippen LogP contribution < -0.4 is 4.74 Å². The van der Waals surface area contributed by atoms with E-state index in [0.717, 1.165) is 41.6 Å². The molecule has 50 heavy (non-hydrogen) atoms. The number of carbonyl (C=O) groups is 2. The van der Waals surface area contributed by atoms with Crippen LogP contribution >= 0.6 is 23.2 Å². The molecular weight excluding hydrogens is 669 g/mol. The van der Waals surface area contributed by atoms with Gasteiger partial charge in [0.15, 0.2) is 0 Å². The van der Waals surface area contributed by atoms with Crippen LogP contribution in [0.5, 0.6) is 5.75 Å². The minimum Gasteiger partial charge on any atom is -0.493 e. The molecule has 2 atom stereocenters. The third kappa shape index (κ3) is 7.53. The SMILES string of the molecule is CCOc1ccc(C(C)(C)N(C)CC(C)C)cc1C1=NC(c2ccc(Cl)cc2)C(c2ccc(Cl)cc2)N1C(=O)N1CCN(C(=O)C2CC2)CC1. The molecule has 3 aromatic carbocycles. The lowest BCUT2D eigenvalue weighted by Crippen LogP contribution is -2.55. The second kappa shape index (κ2) is 14.9. The molecule has 1 saturated carbocycles. The lowest BCUT2D eigenvalue weighted by atomic mass is 9.90. The zero-order valence-corrected chi connectivity index (χ0v) is 31.5. The molecular formula is C40H49Cl2N5O3. The third-order valence-electron chi connectivity index (χ3n) is 10.3. The summed E-state index contributed by atoms with van der Waals surface area (Å²) in [6.45, 7) is 14.2. The van der Waals surface area contributed by atoms with Crippen molar-refractivity contribution in [2.24, 2.45) is 16.8 Å².